The van der Waals surface area contributed by atoms with Crippen molar-refractivity contribution in [2.24, 2.45) is 5.41 Å². The number of amides is 1. The molecule has 1 fully saturated rings. The molecule has 0 bridgehead atoms. The summed E-state index contributed by atoms with van der Waals surface area (Å²) in [6.45, 7) is 4.34. The lowest BCUT2D eigenvalue weighted by Gasteiger charge is -2.37. The lowest BCUT2D eigenvalue weighted by atomic mass is 9.66. The molecule has 1 amide bonds. The van der Waals surface area contributed by atoms with Crippen LogP contribution in [0.15, 0.2) is 24.3 Å². The highest BCUT2D eigenvalue weighted by molar-refractivity contribution is 5.85. The van der Waals surface area contributed by atoms with Gasteiger partial charge in [0, 0.05) is 12.0 Å². The van der Waals surface area contributed by atoms with Crippen LogP contribution >= 0.6 is 0 Å². The quantitative estimate of drug-likeness (QED) is 0.812. The van der Waals surface area contributed by atoms with Gasteiger partial charge >= 0.3 is 5.97 Å². The highest BCUT2D eigenvalue weighted by Crippen LogP contribution is 2.44. The summed E-state index contributed by atoms with van der Waals surface area (Å²) in [5.41, 5.74) is 0.0409. The Balaban J connectivity index is 2.01. The van der Waals surface area contributed by atoms with Crippen molar-refractivity contribution in [3.63, 3.8) is 0 Å². The average molecular weight is 305 g/mol. The third-order valence-corrected chi connectivity index (χ3v) is 4.33. The zero-order valence-electron chi connectivity index (χ0n) is 13.1. The molecule has 2 rings (SSSR count). The Morgan fingerprint density at radius 2 is 2.05 bits per heavy atom. The maximum absolute atomic E-state index is 12.2. The first-order chi connectivity index (χ1) is 10.5. The van der Waals surface area contributed by atoms with E-state index in [-0.39, 0.29) is 18.4 Å². The van der Waals surface area contributed by atoms with Gasteiger partial charge in [-0.25, -0.2) is 0 Å². The normalized spacial score (nSPS) is 17.2. The molecule has 0 heterocycles. The molecule has 1 saturated carbocycles. The van der Waals surface area contributed by atoms with Crippen molar-refractivity contribution >= 4 is 11.9 Å². The van der Waals surface area contributed by atoms with Crippen LogP contribution in [0.5, 0.6) is 5.75 Å². The predicted molar refractivity (Wildman–Crippen MR) is 82.7 cm³/mol. The third kappa shape index (κ3) is 3.40. The van der Waals surface area contributed by atoms with Crippen LogP contribution in [0.4, 0.5) is 0 Å². The number of carboxylic acid groups (broad SMARTS) is 1. The number of aliphatic carboxylic acids is 1. The van der Waals surface area contributed by atoms with Crippen LogP contribution in [0.2, 0.25) is 0 Å². The van der Waals surface area contributed by atoms with Gasteiger partial charge in [-0.3, -0.25) is 9.59 Å². The SMILES string of the molecule is CCOc1ccccc1C(C)NC(=O)CC1(C(=O)O)CCC1. The lowest BCUT2D eigenvalue weighted by molar-refractivity contribution is -0.157. The molecule has 1 aliphatic rings. The molecule has 0 aliphatic heterocycles. The summed E-state index contributed by atoms with van der Waals surface area (Å²) < 4.78 is 5.57. The number of ether oxygens (including phenoxy) is 1. The van der Waals surface area contributed by atoms with Crippen molar-refractivity contribution in [1.82, 2.24) is 5.32 Å². The summed E-state index contributed by atoms with van der Waals surface area (Å²) in [5, 5.41) is 12.2. The molecule has 2 N–H and O–H groups in total. The van der Waals surface area contributed by atoms with E-state index in [1.54, 1.807) is 0 Å². The molecule has 1 aliphatic carbocycles. The largest absolute Gasteiger partial charge is 0.494 e. The van der Waals surface area contributed by atoms with Crippen LogP contribution in [0, 0.1) is 5.41 Å². The zero-order chi connectivity index (χ0) is 16.2. The van der Waals surface area contributed by atoms with E-state index in [9.17, 15) is 14.7 Å². The van der Waals surface area contributed by atoms with Gasteiger partial charge in [0.15, 0.2) is 0 Å². The van der Waals surface area contributed by atoms with Gasteiger partial charge in [0.2, 0.25) is 5.91 Å². The average Bonchev–Trinajstić information content (AvgIpc) is 2.43. The fraction of sp³-hybridized carbons (Fsp3) is 0.529. The van der Waals surface area contributed by atoms with Crippen molar-refractivity contribution in [2.75, 3.05) is 6.61 Å². The molecule has 0 saturated heterocycles. The van der Waals surface area contributed by atoms with Gasteiger partial charge in [-0.2, -0.15) is 0 Å². The van der Waals surface area contributed by atoms with Crippen molar-refractivity contribution in [3.8, 4) is 5.75 Å². The van der Waals surface area contributed by atoms with Crippen molar-refractivity contribution in [1.29, 1.82) is 0 Å². The van der Waals surface area contributed by atoms with Crippen molar-refractivity contribution in [3.05, 3.63) is 29.8 Å². The number of carboxylic acids is 1. The molecule has 22 heavy (non-hydrogen) atoms. The molecular weight excluding hydrogens is 282 g/mol. The smallest absolute Gasteiger partial charge is 0.310 e. The Labute approximate surface area is 130 Å². The molecule has 0 radical (unpaired) electrons. The van der Waals surface area contributed by atoms with Crippen molar-refractivity contribution < 1.29 is 19.4 Å². The van der Waals surface area contributed by atoms with Gasteiger partial charge in [-0.1, -0.05) is 24.6 Å². The van der Waals surface area contributed by atoms with E-state index < -0.39 is 11.4 Å². The van der Waals surface area contributed by atoms with E-state index in [4.69, 9.17) is 4.74 Å². The van der Waals surface area contributed by atoms with Crippen LogP contribution in [-0.4, -0.2) is 23.6 Å². The second-order valence-corrected chi connectivity index (χ2v) is 5.88. The van der Waals surface area contributed by atoms with E-state index in [2.05, 4.69) is 5.32 Å². The first kappa shape index (κ1) is 16.3. The van der Waals surface area contributed by atoms with Gasteiger partial charge in [0.05, 0.1) is 18.1 Å². The van der Waals surface area contributed by atoms with Gasteiger partial charge in [0.1, 0.15) is 5.75 Å². The number of rotatable bonds is 7. The Bertz CT molecular complexity index is 551. The highest BCUT2D eigenvalue weighted by atomic mass is 16.5. The van der Waals surface area contributed by atoms with Crippen LogP contribution < -0.4 is 10.1 Å². The Morgan fingerprint density at radius 1 is 1.36 bits per heavy atom. The number of carbonyl (C=O) groups is 2. The summed E-state index contributed by atoms with van der Waals surface area (Å²) in [6.07, 6.45) is 2.09. The minimum absolute atomic E-state index is 0.0451. The van der Waals surface area contributed by atoms with Gasteiger partial charge in [0.25, 0.3) is 0 Å². The first-order valence-corrected chi connectivity index (χ1v) is 7.73. The summed E-state index contributed by atoms with van der Waals surface area (Å²) in [5.74, 6) is -0.341. The second kappa shape index (κ2) is 6.81. The number of carbonyl (C=O) groups excluding carboxylic acids is 1. The van der Waals surface area contributed by atoms with E-state index in [1.165, 1.54) is 0 Å². The van der Waals surface area contributed by atoms with Gasteiger partial charge in [-0.05, 0) is 32.8 Å². The molecule has 0 aromatic heterocycles. The molecule has 5 nitrogen and oxygen atoms in total. The second-order valence-electron chi connectivity index (χ2n) is 5.88. The molecule has 1 aromatic carbocycles. The fourth-order valence-corrected chi connectivity index (χ4v) is 2.87. The molecule has 1 aromatic rings. The van der Waals surface area contributed by atoms with Crippen molar-refractivity contribution in [2.45, 2.75) is 45.6 Å². The van der Waals surface area contributed by atoms with E-state index in [1.807, 2.05) is 38.1 Å². The Morgan fingerprint density at radius 3 is 2.59 bits per heavy atom. The molecule has 5 heteroatoms. The van der Waals surface area contributed by atoms with Crippen LogP contribution in [0.3, 0.4) is 0 Å². The monoisotopic (exact) mass is 305 g/mol. The number of nitrogens with one attached hydrogen (secondary N) is 1. The number of hydrogen-bond donors (Lipinski definition) is 2. The fourth-order valence-electron chi connectivity index (χ4n) is 2.87. The zero-order valence-corrected chi connectivity index (χ0v) is 13.1. The van der Waals surface area contributed by atoms with E-state index in [0.29, 0.717) is 19.4 Å². The predicted octanol–water partition coefficient (Wildman–Crippen LogP) is 2.91. The minimum Gasteiger partial charge on any atom is -0.494 e. The summed E-state index contributed by atoms with van der Waals surface area (Å²) in [6, 6.07) is 7.33. The Hall–Kier alpha value is -2.04. The summed E-state index contributed by atoms with van der Waals surface area (Å²) >= 11 is 0. The maximum Gasteiger partial charge on any atom is 0.310 e. The van der Waals surface area contributed by atoms with E-state index in [0.717, 1.165) is 17.7 Å². The van der Waals surface area contributed by atoms with Crippen LogP contribution in [0.1, 0.15) is 51.1 Å². The molecular formula is C17H23NO4. The first-order valence-electron chi connectivity index (χ1n) is 7.73. The topological polar surface area (TPSA) is 75.6 Å². The summed E-state index contributed by atoms with van der Waals surface area (Å²) in [4.78, 5) is 23.5. The summed E-state index contributed by atoms with van der Waals surface area (Å²) in [7, 11) is 0. The van der Waals surface area contributed by atoms with Crippen LogP contribution in [-0.2, 0) is 9.59 Å². The molecule has 1 unspecified atom stereocenters. The molecule has 1 atom stereocenters. The van der Waals surface area contributed by atoms with Gasteiger partial charge in [-0.15, -0.1) is 0 Å². The van der Waals surface area contributed by atoms with E-state index >= 15 is 0 Å². The standard InChI is InChI=1S/C17H23NO4/c1-3-22-14-8-5-4-7-13(14)12(2)18-15(19)11-17(16(20)21)9-6-10-17/h4-5,7-8,12H,3,6,9-11H2,1-2H3,(H,18,19)(H,20,21). The Kier molecular flexibility index (Phi) is 5.06. The minimum atomic E-state index is -0.865. The maximum atomic E-state index is 12.2. The van der Waals surface area contributed by atoms with Gasteiger partial charge < -0.3 is 15.2 Å². The third-order valence-electron chi connectivity index (χ3n) is 4.33. The lowest BCUT2D eigenvalue weighted by Crippen LogP contribution is -2.43. The van der Waals surface area contributed by atoms with Crippen LogP contribution in [0.25, 0.3) is 0 Å². The molecule has 0 spiro atoms. The number of para-hydroxylation sites is 1. The number of benzene rings is 1. The number of hydrogen-bond acceptors (Lipinski definition) is 3. The highest BCUT2D eigenvalue weighted by Gasteiger charge is 2.46. The molecule has 120 valence electrons.